The van der Waals surface area contributed by atoms with Crippen molar-refractivity contribution in [3.8, 4) is 0 Å². The lowest BCUT2D eigenvalue weighted by Crippen LogP contribution is -2.49. The molecule has 1 saturated carbocycles. The highest BCUT2D eigenvalue weighted by Gasteiger charge is 2.28. The van der Waals surface area contributed by atoms with Gasteiger partial charge < -0.3 is 15.2 Å². The second-order valence-electron chi connectivity index (χ2n) is 5.18. The Hall–Kier alpha value is -0.160. The molecule has 3 N–H and O–H groups in total. The van der Waals surface area contributed by atoms with Gasteiger partial charge >= 0.3 is 0 Å². The molecule has 0 spiro atoms. The summed E-state index contributed by atoms with van der Waals surface area (Å²) in [6.07, 6.45) is 2.58. The summed E-state index contributed by atoms with van der Waals surface area (Å²) in [6, 6.07) is 0.760. The van der Waals surface area contributed by atoms with E-state index >= 15 is 0 Å². The number of aliphatic hydroxyl groups excluding tert-OH is 1. The molecule has 1 fully saturated rings. The lowest BCUT2D eigenvalue weighted by Gasteiger charge is -2.28. The van der Waals surface area contributed by atoms with E-state index in [1.54, 1.807) is 0 Å². The standard InChI is InChI=1S/C11H24N2O2/c1-11(2,3)15-10(14)13-9-7-5-6-8(9)12-4/h8-10,12-14H,5-7H2,1-4H3. The molecule has 4 heteroatoms. The van der Waals surface area contributed by atoms with Crippen molar-refractivity contribution in [1.82, 2.24) is 10.6 Å². The van der Waals surface area contributed by atoms with E-state index < -0.39 is 6.41 Å². The first kappa shape index (κ1) is 12.9. The average molecular weight is 216 g/mol. The molecule has 3 atom stereocenters. The van der Waals surface area contributed by atoms with E-state index in [2.05, 4.69) is 10.6 Å². The number of hydrogen-bond acceptors (Lipinski definition) is 4. The van der Waals surface area contributed by atoms with Crippen molar-refractivity contribution in [2.45, 2.75) is 64.1 Å². The van der Waals surface area contributed by atoms with E-state index in [-0.39, 0.29) is 5.60 Å². The molecule has 15 heavy (non-hydrogen) atoms. The van der Waals surface area contributed by atoms with Gasteiger partial charge in [0, 0.05) is 12.1 Å². The zero-order valence-corrected chi connectivity index (χ0v) is 10.2. The quantitative estimate of drug-likeness (QED) is 0.609. The van der Waals surface area contributed by atoms with Gasteiger partial charge in [-0.3, -0.25) is 5.32 Å². The molecule has 0 aromatic carbocycles. The van der Waals surface area contributed by atoms with Crippen LogP contribution in [-0.4, -0.2) is 36.3 Å². The number of likely N-dealkylation sites (N-methyl/N-ethyl adjacent to an activating group) is 1. The van der Waals surface area contributed by atoms with E-state index in [9.17, 15) is 5.11 Å². The molecule has 0 heterocycles. The maximum atomic E-state index is 9.70. The second-order valence-corrected chi connectivity index (χ2v) is 5.18. The molecule has 0 saturated heterocycles. The first-order valence-electron chi connectivity index (χ1n) is 5.71. The first-order valence-corrected chi connectivity index (χ1v) is 5.71. The van der Waals surface area contributed by atoms with Gasteiger partial charge in [-0.15, -0.1) is 0 Å². The monoisotopic (exact) mass is 216 g/mol. The van der Waals surface area contributed by atoms with Crippen LogP contribution in [0.15, 0.2) is 0 Å². The third kappa shape index (κ3) is 4.47. The van der Waals surface area contributed by atoms with E-state index in [1.165, 1.54) is 6.42 Å². The van der Waals surface area contributed by atoms with Crippen LogP contribution in [-0.2, 0) is 4.74 Å². The van der Waals surface area contributed by atoms with Crippen molar-refractivity contribution in [3.63, 3.8) is 0 Å². The minimum absolute atomic E-state index is 0.312. The predicted molar refractivity (Wildman–Crippen MR) is 60.5 cm³/mol. The minimum Gasteiger partial charge on any atom is -0.356 e. The van der Waals surface area contributed by atoms with Gasteiger partial charge in [-0.2, -0.15) is 0 Å². The predicted octanol–water partition coefficient (Wildman–Crippen LogP) is 0.807. The van der Waals surface area contributed by atoms with Crippen LogP contribution in [0.1, 0.15) is 40.0 Å². The molecule has 0 radical (unpaired) electrons. The fourth-order valence-electron chi connectivity index (χ4n) is 2.06. The summed E-state index contributed by atoms with van der Waals surface area (Å²) >= 11 is 0. The van der Waals surface area contributed by atoms with Crippen molar-refractivity contribution in [2.75, 3.05) is 7.05 Å². The third-order valence-corrected chi connectivity index (χ3v) is 2.71. The van der Waals surface area contributed by atoms with Gasteiger partial charge in [0.05, 0.1) is 5.60 Å². The zero-order chi connectivity index (χ0) is 11.5. The largest absolute Gasteiger partial charge is 0.356 e. The minimum atomic E-state index is -0.871. The van der Waals surface area contributed by atoms with Crippen LogP contribution >= 0.6 is 0 Å². The summed E-state index contributed by atoms with van der Waals surface area (Å²) in [4.78, 5) is 0. The molecule has 4 nitrogen and oxygen atoms in total. The molecule has 0 amide bonds. The molecule has 0 aliphatic heterocycles. The third-order valence-electron chi connectivity index (χ3n) is 2.71. The van der Waals surface area contributed by atoms with Gasteiger partial charge in [0.15, 0.2) is 0 Å². The van der Waals surface area contributed by atoms with Gasteiger partial charge in [-0.1, -0.05) is 6.42 Å². The Morgan fingerprint density at radius 2 is 1.87 bits per heavy atom. The van der Waals surface area contributed by atoms with Gasteiger partial charge in [0.2, 0.25) is 6.41 Å². The average Bonchev–Trinajstić information content (AvgIpc) is 2.48. The summed E-state index contributed by atoms with van der Waals surface area (Å²) in [6.45, 7) is 5.80. The Bertz CT molecular complexity index is 192. The smallest absolute Gasteiger partial charge is 0.214 e. The zero-order valence-electron chi connectivity index (χ0n) is 10.2. The van der Waals surface area contributed by atoms with Crippen LogP contribution < -0.4 is 10.6 Å². The van der Waals surface area contributed by atoms with Gasteiger partial charge in [0.1, 0.15) is 0 Å². The van der Waals surface area contributed by atoms with Crippen LogP contribution in [0, 0.1) is 0 Å². The Labute approximate surface area is 92.4 Å². The number of ether oxygens (including phenoxy) is 1. The van der Waals surface area contributed by atoms with Crippen molar-refractivity contribution in [2.24, 2.45) is 0 Å². The van der Waals surface area contributed by atoms with Crippen LogP contribution in [0.3, 0.4) is 0 Å². The van der Waals surface area contributed by atoms with Crippen molar-refractivity contribution in [3.05, 3.63) is 0 Å². The summed E-state index contributed by atoms with van der Waals surface area (Å²) < 4.78 is 5.41. The molecule has 0 aromatic heterocycles. The van der Waals surface area contributed by atoms with Crippen LogP contribution in [0.2, 0.25) is 0 Å². The molecule has 1 aliphatic carbocycles. The van der Waals surface area contributed by atoms with Crippen LogP contribution in [0.5, 0.6) is 0 Å². The molecular weight excluding hydrogens is 192 g/mol. The van der Waals surface area contributed by atoms with Crippen molar-refractivity contribution < 1.29 is 9.84 Å². The first-order chi connectivity index (χ1) is 6.92. The number of rotatable bonds is 4. The van der Waals surface area contributed by atoms with Gasteiger partial charge in [0.25, 0.3) is 0 Å². The lowest BCUT2D eigenvalue weighted by atomic mass is 10.2. The normalized spacial score (nSPS) is 29.4. The SMILES string of the molecule is CNC1CCCC1NC(O)OC(C)(C)C. The Kier molecular flexibility index (Phi) is 4.52. The van der Waals surface area contributed by atoms with Crippen LogP contribution in [0.25, 0.3) is 0 Å². The summed E-state index contributed by atoms with van der Waals surface area (Å²) in [7, 11) is 1.96. The Morgan fingerprint density at radius 3 is 2.40 bits per heavy atom. The fourth-order valence-corrected chi connectivity index (χ4v) is 2.06. The molecular formula is C11H24N2O2. The van der Waals surface area contributed by atoms with E-state index in [0.717, 1.165) is 12.8 Å². The molecule has 1 rings (SSSR count). The van der Waals surface area contributed by atoms with Crippen molar-refractivity contribution in [1.29, 1.82) is 0 Å². The second kappa shape index (κ2) is 5.25. The maximum absolute atomic E-state index is 9.70. The summed E-state index contributed by atoms with van der Waals surface area (Å²) in [5.41, 5.74) is -0.319. The van der Waals surface area contributed by atoms with E-state index in [0.29, 0.717) is 12.1 Å². The fraction of sp³-hybridized carbons (Fsp3) is 1.00. The lowest BCUT2D eigenvalue weighted by molar-refractivity contribution is -0.185. The van der Waals surface area contributed by atoms with Gasteiger partial charge in [-0.05, 0) is 40.7 Å². The van der Waals surface area contributed by atoms with E-state index in [1.807, 2.05) is 27.8 Å². The van der Waals surface area contributed by atoms with Crippen molar-refractivity contribution >= 4 is 0 Å². The molecule has 90 valence electrons. The molecule has 1 aliphatic rings. The van der Waals surface area contributed by atoms with Gasteiger partial charge in [-0.25, -0.2) is 0 Å². The Morgan fingerprint density at radius 1 is 1.27 bits per heavy atom. The highest BCUT2D eigenvalue weighted by atomic mass is 16.6. The molecule has 3 unspecified atom stereocenters. The van der Waals surface area contributed by atoms with Crippen LogP contribution in [0.4, 0.5) is 0 Å². The number of nitrogens with one attached hydrogen (secondary N) is 2. The molecule has 0 bridgehead atoms. The summed E-state index contributed by atoms with van der Waals surface area (Å²) in [5.74, 6) is 0. The Balaban J connectivity index is 2.34. The highest BCUT2D eigenvalue weighted by molar-refractivity contribution is 4.87. The number of aliphatic hydroxyl groups is 1. The highest BCUT2D eigenvalue weighted by Crippen LogP contribution is 2.19. The number of hydrogen-bond donors (Lipinski definition) is 3. The maximum Gasteiger partial charge on any atom is 0.214 e. The molecule has 0 aromatic rings. The summed E-state index contributed by atoms with van der Waals surface area (Å²) in [5, 5.41) is 16.1. The topological polar surface area (TPSA) is 53.5 Å². The van der Waals surface area contributed by atoms with E-state index in [4.69, 9.17) is 4.74 Å².